The van der Waals surface area contributed by atoms with Crippen molar-refractivity contribution in [3.8, 4) is 45.9 Å². The van der Waals surface area contributed by atoms with E-state index in [0.29, 0.717) is 28.3 Å². The van der Waals surface area contributed by atoms with Crippen molar-refractivity contribution in [1.29, 1.82) is 0 Å². The molecule has 3 aromatic carbocycles. The molecule has 0 aliphatic carbocycles. The van der Waals surface area contributed by atoms with Crippen LogP contribution in [0.4, 0.5) is 11.4 Å². The van der Waals surface area contributed by atoms with Gasteiger partial charge in [-0.15, -0.1) is 0 Å². The van der Waals surface area contributed by atoms with E-state index in [1.54, 1.807) is 11.3 Å². The van der Waals surface area contributed by atoms with Crippen LogP contribution < -0.4 is 0 Å². The highest BCUT2D eigenvalue weighted by Crippen LogP contribution is 2.34. The molecule has 0 saturated heterocycles. The summed E-state index contributed by atoms with van der Waals surface area (Å²) >= 11 is 1.59. The first-order chi connectivity index (χ1) is 27.9. The highest BCUT2D eigenvalue weighted by Gasteiger charge is 2.20. The molecule has 0 spiro atoms. The summed E-state index contributed by atoms with van der Waals surface area (Å²) in [6, 6.07) is 33.3. The first-order valence-electron chi connectivity index (χ1n) is 17.7. The summed E-state index contributed by atoms with van der Waals surface area (Å²) in [6.45, 7) is 0. The Morgan fingerprint density at radius 1 is 0.544 bits per heavy atom. The highest BCUT2D eigenvalue weighted by molar-refractivity contribution is 7.08. The van der Waals surface area contributed by atoms with E-state index >= 15 is 0 Å². The standard InChI is InChI=1S/C46H26N6O4S/c53-51(54)33-14-12-30(44(27-33)52(55)56)13-16-35-38-19-23-42(49-38)45(31-7-3-1-4-8-31)40-21-17-36(47-40)34(15-11-29-25-26-57-28-29)37-18-22-41(48-37)46(32-9-5-2-6-10-32)43-24-20-39(35)50-43/h1-10,12,14,17-28,47-48H. The Kier molecular flexibility index (Phi) is 8.87. The third-order valence-corrected chi connectivity index (χ3v) is 10.1. The molecular formula is C46H26N6O4S. The van der Waals surface area contributed by atoms with Crippen molar-refractivity contribution >= 4 is 69.1 Å². The SMILES string of the molecule is O=[N+]([O-])c1ccc(C#Cc2c3nc(c(-c4ccccc4)c4ccc([nH]4)c(C#Cc4ccsc4)c4ccc([nH]4)c(-c4ccccc4)c4nc2C=C4)C=C3)c([N+](=O)[O-])c1. The summed E-state index contributed by atoms with van der Waals surface area (Å²) in [6.07, 6.45) is 7.53. The lowest BCUT2D eigenvalue weighted by atomic mass is 10.0. The Hall–Kier alpha value is -8.12. The lowest BCUT2D eigenvalue weighted by Gasteiger charge is -2.04. The lowest BCUT2D eigenvalue weighted by Crippen LogP contribution is -1.96. The van der Waals surface area contributed by atoms with Crippen LogP contribution in [0.15, 0.2) is 120 Å². The molecule has 4 aromatic heterocycles. The van der Waals surface area contributed by atoms with Crippen LogP contribution in [0.2, 0.25) is 0 Å². The van der Waals surface area contributed by atoms with E-state index in [9.17, 15) is 20.2 Å². The number of hydrogen-bond donors (Lipinski definition) is 2. The number of fused-ring (bicyclic) bond motifs is 8. The van der Waals surface area contributed by atoms with Crippen LogP contribution in [0.25, 0.3) is 68.6 Å². The fourth-order valence-corrected chi connectivity index (χ4v) is 7.36. The molecule has 0 saturated carbocycles. The molecular weight excluding hydrogens is 733 g/mol. The third kappa shape index (κ3) is 6.78. The number of aromatic amines is 2. The Morgan fingerprint density at radius 3 is 1.61 bits per heavy atom. The summed E-state index contributed by atoms with van der Waals surface area (Å²) < 4.78 is 0. The van der Waals surface area contributed by atoms with Gasteiger partial charge in [0.15, 0.2) is 0 Å². The van der Waals surface area contributed by atoms with Gasteiger partial charge >= 0.3 is 0 Å². The van der Waals surface area contributed by atoms with E-state index < -0.39 is 21.2 Å². The second kappa shape index (κ2) is 14.6. The Bertz CT molecular complexity index is 3000. The maximum Gasteiger partial charge on any atom is 0.291 e. The monoisotopic (exact) mass is 758 g/mol. The number of hydrogen-bond acceptors (Lipinski definition) is 7. The number of non-ortho nitro benzene ring substituents is 1. The lowest BCUT2D eigenvalue weighted by molar-refractivity contribution is -0.394. The van der Waals surface area contributed by atoms with Crippen molar-refractivity contribution in [2.24, 2.45) is 0 Å². The van der Waals surface area contributed by atoms with E-state index in [4.69, 9.17) is 9.97 Å². The van der Waals surface area contributed by atoms with Crippen LogP contribution in [0, 0.1) is 43.9 Å². The maximum absolute atomic E-state index is 12.0. The summed E-state index contributed by atoms with van der Waals surface area (Å²) in [7, 11) is 0. The zero-order chi connectivity index (χ0) is 38.9. The molecule has 2 aliphatic rings. The van der Waals surface area contributed by atoms with E-state index in [1.807, 2.05) is 126 Å². The molecule has 270 valence electrons. The first-order valence-corrected chi connectivity index (χ1v) is 18.6. The van der Waals surface area contributed by atoms with E-state index in [0.717, 1.165) is 61.5 Å². The normalized spacial score (nSPS) is 11.4. The molecule has 0 unspecified atom stereocenters. The van der Waals surface area contributed by atoms with Crippen molar-refractivity contribution in [1.82, 2.24) is 19.9 Å². The van der Waals surface area contributed by atoms with Gasteiger partial charge < -0.3 is 9.97 Å². The molecule has 0 amide bonds. The first kappa shape index (κ1) is 34.6. The number of nitrogens with zero attached hydrogens (tertiary/aromatic N) is 4. The van der Waals surface area contributed by atoms with Gasteiger partial charge in [0.05, 0.1) is 60.8 Å². The molecule has 9 rings (SSSR count). The number of H-pyrrole nitrogens is 2. The number of nitro benzene ring substituents is 2. The van der Waals surface area contributed by atoms with E-state index in [2.05, 4.69) is 33.6 Å². The summed E-state index contributed by atoms with van der Waals surface area (Å²) in [5, 5.41) is 27.5. The summed E-state index contributed by atoms with van der Waals surface area (Å²) in [4.78, 5) is 39.7. The molecule has 11 heteroatoms. The van der Waals surface area contributed by atoms with Crippen LogP contribution in [-0.4, -0.2) is 29.8 Å². The van der Waals surface area contributed by atoms with Crippen LogP contribution in [0.5, 0.6) is 0 Å². The number of benzene rings is 3. The molecule has 0 fully saturated rings. The minimum absolute atomic E-state index is 0.0175. The van der Waals surface area contributed by atoms with Crippen molar-refractivity contribution in [3.63, 3.8) is 0 Å². The van der Waals surface area contributed by atoms with Gasteiger partial charge in [0, 0.05) is 39.2 Å². The number of aromatic nitrogens is 4. The second-order valence-electron chi connectivity index (χ2n) is 13.0. The maximum atomic E-state index is 12.0. The largest absolute Gasteiger partial charge is 0.354 e. The molecule has 2 aliphatic heterocycles. The predicted octanol–water partition coefficient (Wildman–Crippen LogP) is 10.7. The predicted molar refractivity (Wildman–Crippen MR) is 226 cm³/mol. The zero-order valence-corrected chi connectivity index (χ0v) is 30.5. The highest BCUT2D eigenvalue weighted by atomic mass is 32.1. The smallest absolute Gasteiger partial charge is 0.291 e. The van der Waals surface area contributed by atoms with Gasteiger partial charge in [-0.1, -0.05) is 84.3 Å². The summed E-state index contributed by atoms with van der Waals surface area (Å²) in [5.74, 6) is 12.8. The molecule has 10 nitrogen and oxygen atoms in total. The molecule has 0 atom stereocenters. The van der Waals surface area contributed by atoms with Crippen molar-refractivity contribution in [2.45, 2.75) is 0 Å². The van der Waals surface area contributed by atoms with Gasteiger partial charge in [-0.25, -0.2) is 9.97 Å². The Labute approximate surface area is 328 Å². The average Bonchev–Trinajstić information content (AvgIpc) is 4.09. The van der Waals surface area contributed by atoms with Crippen molar-refractivity contribution in [3.05, 3.63) is 185 Å². The van der Waals surface area contributed by atoms with E-state index in [1.165, 1.54) is 12.1 Å². The van der Waals surface area contributed by atoms with Gasteiger partial charge in [-0.3, -0.25) is 20.2 Å². The van der Waals surface area contributed by atoms with Gasteiger partial charge in [-0.05, 0) is 77.2 Å². The number of nitro groups is 2. The van der Waals surface area contributed by atoms with Gasteiger partial charge in [-0.2, -0.15) is 11.3 Å². The quantitative estimate of drug-likeness (QED) is 0.104. The fourth-order valence-electron chi connectivity index (χ4n) is 6.78. The number of nitrogens with one attached hydrogen (secondary N) is 2. The minimum Gasteiger partial charge on any atom is -0.354 e. The number of thiophene rings is 1. The van der Waals surface area contributed by atoms with Crippen LogP contribution in [-0.2, 0) is 0 Å². The number of rotatable bonds is 4. The van der Waals surface area contributed by atoms with Gasteiger partial charge in [0.2, 0.25) is 0 Å². The second-order valence-corrected chi connectivity index (χ2v) is 13.7. The zero-order valence-electron chi connectivity index (χ0n) is 29.7. The van der Waals surface area contributed by atoms with Gasteiger partial charge in [0.1, 0.15) is 5.56 Å². The van der Waals surface area contributed by atoms with E-state index in [-0.39, 0.29) is 5.56 Å². The average molecular weight is 759 g/mol. The Balaban J connectivity index is 1.40. The minimum atomic E-state index is -0.676. The van der Waals surface area contributed by atoms with Crippen LogP contribution in [0.1, 0.15) is 45.0 Å². The molecule has 6 heterocycles. The van der Waals surface area contributed by atoms with Crippen LogP contribution >= 0.6 is 11.3 Å². The summed E-state index contributed by atoms with van der Waals surface area (Å²) in [5.41, 5.74) is 10.4. The third-order valence-electron chi connectivity index (χ3n) is 9.44. The van der Waals surface area contributed by atoms with Gasteiger partial charge in [0.25, 0.3) is 11.4 Å². The van der Waals surface area contributed by atoms with Crippen molar-refractivity contribution < 1.29 is 9.85 Å². The molecule has 0 radical (unpaired) electrons. The molecule has 7 aromatic rings. The molecule has 57 heavy (non-hydrogen) atoms. The molecule has 8 bridgehead atoms. The molecule has 2 N–H and O–H groups in total. The topological polar surface area (TPSA) is 144 Å². The van der Waals surface area contributed by atoms with Crippen LogP contribution in [0.3, 0.4) is 0 Å². The van der Waals surface area contributed by atoms with Crippen molar-refractivity contribution in [2.75, 3.05) is 0 Å². The Morgan fingerprint density at radius 2 is 1.09 bits per heavy atom. The fraction of sp³-hybridized carbons (Fsp3) is 0.